The number of halogens is 2. The van der Waals surface area contributed by atoms with Gasteiger partial charge >= 0.3 is 0 Å². The molecule has 112 valence electrons. The summed E-state index contributed by atoms with van der Waals surface area (Å²) in [4.78, 5) is 0. The molecule has 0 spiro atoms. The summed E-state index contributed by atoms with van der Waals surface area (Å²) in [6, 6.07) is 13.4. The number of benzene rings is 2. The molecule has 2 aromatic carbocycles. The Labute approximate surface area is 135 Å². The Hall–Kier alpha value is -1.06. The van der Waals surface area contributed by atoms with Crippen LogP contribution >= 0.6 is 23.2 Å². The number of aliphatic hydroxyl groups excluding tert-OH is 1. The predicted molar refractivity (Wildman–Crippen MR) is 89.2 cm³/mol. The summed E-state index contributed by atoms with van der Waals surface area (Å²) < 4.78 is 0. The Kier molecular flexibility index (Phi) is 5.28. The molecule has 0 aliphatic carbocycles. The third-order valence-electron chi connectivity index (χ3n) is 3.99. The van der Waals surface area contributed by atoms with Gasteiger partial charge in [-0.25, -0.2) is 0 Å². The van der Waals surface area contributed by atoms with Gasteiger partial charge in [0.2, 0.25) is 0 Å². The lowest BCUT2D eigenvalue weighted by Gasteiger charge is -2.33. The minimum Gasteiger partial charge on any atom is -0.395 e. The number of aryl methyl sites for hydroxylation is 1. The highest BCUT2D eigenvalue weighted by Gasteiger charge is 2.33. The summed E-state index contributed by atoms with van der Waals surface area (Å²) in [7, 11) is 0. The van der Waals surface area contributed by atoms with Crippen molar-refractivity contribution in [2.45, 2.75) is 18.8 Å². The zero-order chi connectivity index (χ0) is 15.5. The highest BCUT2D eigenvalue weighted by Crippen LogP contribution is 2.35. The van der Waals surface area contributed by atoms with Gasteiger partial charge in [-0.1, -0.05) is 53.5 Å². The number of hydrogen-bond acceptors (Lipinski definition) is 2. The summed E-state index contributed by atoms with van der Waals surface area (Å²) in [5.41, 5.74) is 8.39. The van der Waals surface area contributed by atoms with E-state index in [1.807, 2.05) is 37.3 Å². The molecular formula is C17H19Cl2NO. The number of aliphatic hydroxyl groups is 1. The second-order valence-corrected chi connectivity index (χ2v) is 6.15. The first-order valence-corrected chi connectivity index (χ1v) is 7.59. The molecule has 2 aromatic rings. The maximum atomic E-state index is 10.0. The van der Waals surface area contributed by atoms with Gasteiger partial charge < -0.3 is 10.8 Å². The number of hydrogen-bond donors (Lipinski definition) is 2. The van der Waals surface area contributed by atoms with Crippen molar-refractivity contribution in [3.63, 3.8) is 0 Å². The Balaban J connectivity index is 2.51. The molecule has 0 aromatic heterocycles. The van der Waals surface area contributed by atoms with Crippen LogP contribution in [0.1, 0.15) is 16.7 Å². The fourth-order valence-corrected chi connectivity index (χ4v) is 3.22. The minimum atomic E-state index is -0.583. The van der Waals surface area contributed by atoms with Crippen LogP contribution in [0.2, 0.25) is 10.0 Å². The van der Waals surface area contributed by atoms with Crippen LogP contribution in [0.25, 0.3) is 0 Å². The lowest BCUT2D eigenvalue weighted by atomic mass is 9.74. The van der Waals surface area contributed by atoms with E-state index in [1.165, 1.54) is 0 Å². The predicted octanol–water partition coefficient (Wildman–Crippen LogP) is 3.73. The molecule has 1 unspecified atom stereocenters. The Morgan fingerprint density at radius 1 is 1.05 bits per heavy atom. The van der Waals surface area contributed by atoms with Crippen LogP contribution < -0.4 is 5.73 Å². The van der Waals surface area contributed by atoms with Gasteiger partial charge in [-0.3, -0.25) is 0 Å². The lowest BCUT2D eigenvalue weighted by molar-refractivity contribution is 0.195. The fraction of sp³-hybridized carbons (Fsp3) is 0.294. The van der Waals surface area contributed by atoms with Crippen LogP contribution in [0.3, 0.4) is 0 Å². The molecule has 0 radical (unpaired) electrons. The van der Waals surface area contributed by atoms with Crippen molar-refractivity contribution in [3.05, 3.63) is 69.2 Å². The molecule has 0 bridgehead atoms. The van der Waals surface area contributed by atoms with E-state index in [0.29, 0.717) is 23.0 Å². The molecule has 0 fully saturated rings. The molecular weight excluding hydrogens is 305 g/mol. The van der Waals surface area contributed by atoms with E-state index < -0.39 is 5.41 Å². The van der Waals surface area contributed by atoms with E-state index in [0.717, 1.165) is 16.7 Å². The summed E-state index contributed by atoms with van der Waals surface area (Å²) in [6.45, 7) is 2.27. The first-order chi connectivity index (χ1) is 10.0. The Morgan fingerprint density at radius 3 is 2.19 bits per heavy atom. The van der Waals surface area contributed by atoms with Gasteiger partial charge in [0.15, 0.2) is 0 Å². The van der Waals surface area contributed by atoms with E-state index in [2.05, 4.69) is 0 Å². The van der Waals surface area contributed by atoms with Crippen LogP contribution in [0.15, 0.2) is 42.5 Å². The van der Waals surface area contributed by atoms with Gasteiger partial charge in [0.05, 0.1) is 6.61 Å². The molecule has 2 rings (SSSR count). The van der Waals surface area contributed by atoms with Crippen molar-refractivity contribution in [1.29, 1.82) is 0 Å². The highest BCUT2D eigenvalue weighted by atomic mass is 35.5. The summed E-state index contributed by atoms with van der Waals surface area (Å²) in [6.07, 6.45) is 0.503. The number of nitrogens with two attached hydrogens (primary N) is 1. The maximum absolute atomic E-state index is 10.0. The maximum Gasteiger partial charge on any atom is 0.0543 e. The van der Waals surface area contributed by atoms with Crippen molar-refractivity contribution in [2.24, 2.45) is 5.73 Å². The van der Waals surface area contributed by atoms with Crippen LogP contribution in [0, 0.1) is 6.92 Å². The summed E-state index contributed by atoms with van der Waals surface area (Å²) >= 11 is 12.5. The normalized spacial score (nSPS) is 14.0. The molecule has 21 heavy (non-hydrogen) atoms. The van der Waals surface area contributed by atoms with Crippen molar-refractivity contribution in [3.8, 4) is 0 Å². The average Bonchev–Trinajstić information content (AvgIpc) is 2.49. The molecule has 0 aliphatic rings. The standard InChI is InChI=1S/C17H19Cl2NO/c1-12-5-2-3-6-14(12)17(10-20,11-21)9-13-15(18)7-4-8-16(13)19/h2-8,21H,9-11,20H2,1H3. The second kappa shape index (κ2) is 6.80. The van der Waals surface area contributed by atoms with E-state index >= 15 is 0 Å². The van der Waals surface area contributed by atoms with Gasteiger partial charge in [0.25, 0.3) is 0 Å². The third-order valence-corrected chi connectivity index (χ3v) is 4.69. The van der Waals surface area contributed by atoms with Gasteiger partial charge in [-0.15, -0.1) is 0 Å². The van der Waals surface area contributed by atoms with E-state index in [4.69, 9.17) is 28.9 Å². The van der Waals surface area contributed by atoms with Gasteiger partial charge in [-0.2, -0.15) is 0 Å². The quantitative estimate of drug-likeness (QED) is 0.880. The smallest absolute Gasteiger partial charge is 0.0543 e. The largest absolute Gasteiger partial charge is 0.395 e. The SMILES string of the molecule is Cc1ccccc1C(CN)(CO)Cc1c(Cl)cccc1Cl. The fourth-order valence-electron chi connectivity index (χ4n) is 2.69. The minimum absolute atomic E-state index is 0.0596. The van der Waals surface area contributed by atoms with Crippen LogP contribution in [0.4, 0.5) is 0 Å². The van der Waals surface area contributed by atoms with Gasteiger partial charge in [0, 0.05) is 22.0 Å². The summed E-state index contributed by atoms with van der Waals surface area (Å²) in [5, 5.41) is 11.2. The molecule has 1 atom stereocenters. The second-order valence-electron chi connectivity index (χ2n) is 5.33. The third kappa shape index (κ3) is 3.24. The van der Waals surface area contributed by atoms with Crippen LogP contribution in [0.5, 0.6) is 0 Å². The zero-order valence-electron chi connectivity index (χ0n) is 11.9. The van der Waals surface area contributed by atoms with E-state index in [1.54, 1.807) is 12.1 Å². The lowest BCUT2D eigenvalue weighted by Crippen LogP contribution is -2.41. The van der Waals surface area contributed by atoms with Crippen LogP contribution in [-0.2, 0) is 11.8 Å². The average molecular weight is 324 g/mol. The van der Waals surface area contributed by atoms with Crippen molar-refractivity contribution in [1.82, 2.24) is 0 Å². The molecule has 3 N–H and O–H groups in total. The molecule has 0 amide bonds. The van der Waals surface area contributed by atoms with Crippen molar-refractivity contribution < 1.29 is 5.11 Å². The molecule has 2 nitrogen and oxygen atoms in total. The van der Waals surface area contributed by atoms with Crippen molar-refractivity contribution in [2.75, 3.05) is 13.2 Å². The monoisotopic (exact) mass is 323 g/mol. The summed E-state index contributed by atoms with van der Waals surface area (Å²) in [5.74, 6) is 0. The molecule has 0 saturated heterocycles. The Bertz CT molecular complexity index is 604. The first-order valence-electron chi connectivity index (χ1n) is 6.84. The topological polar surface area (TPSA) is 46.2 Å². The molecule has 4 heteroatoms. The zero-order valence-corrected chi connectivity index (χ0v) is 13.5. The number of rotatable bonds is 5. The van der Waals surface area contributed by atoms with E-state index in [-0.39, 0.29) is 6.61 Å². The molecule has 0 saturated carbocycles. The van der Waals surface area contributed by atoms with E-state index in [9.17, 15) is 5.11 Å². The highest BCUT2D eigenvalue weighted by molar-refractivity contribution is 6.36. The van der Waals surface area contributed by atoms with Crippen LogP contribution in [-0.4, -0.2) is 18.3 Å². The Morgan fingerprint density at radius 2 is 1.67 bits per heavy atom. The van der Waals surface area contributed by atoms with Gasteiger partial charge in [-0.05, 0) is 42.2 Å². The first kappa shape index (κ1) is 16.3. The van der Waals surface area contributed by atoms with Crippen molar-refractivity contribution >= 4 is 23.2 Å². The van der Waals surface area contributed by atoms with Gasteiger partial charge in [0.1, 0.15) is 0 Å². The molecule has 0 aliphatic heterocycles. The molecule has 0 heterocycles.